The van der Waals surface area contributed by atoms with Crippen LogP contribution in [0.4, 0.5) is 5.69 Å². The van der Waals surface area contributed by atoms with E-state index in [0.717, 1.165) is 12.8 Å². The Labute approximate surface area is 93.6 Å². The van der Waals surface area contributed by atoms with Crippen LogP contribution in [0.2, 0.25) is 0 Å². The molecule has 0 radical (unpaired) electrons. The molecular weight excluding hydrogens is 208 g/mol. The van der Waals surface area contributed by atoms with Crippen LogP contribution in [0.3, 0.4) is 0 Å². The molecule has 0 saturated carbocycles. The lowest BCUT2D eigenvalue weighted by molar-refractivity contribution is 0.0594. The van der Waals surface area contributed by atoms with Crippen LogP contribution in [0.5, 0.6) is 0 Å². The van der Waals surface area contributed by atoms with Gasteiger partial charge in [-0.05, 0) is 12.8 Å². The molecule has 0 unspecified atom stereocenters. The minimum absolute atomic E-state index is 0.141. The molecule has 0 aliphatic heterocycles. The third-order valence-electron chi connectivity index (χ3n) is 2.09. The second-order valence-corrected chi connectivity index (χ2v) is 3.30. The third-order valence-corrected chi connectivity index (χ3v) is 2.09. The van der Waals surface area contributed by atoms with Gasteiger partial charge in [-0.15, -0.1) is 0 Å². The quantitative estimate of drug-likeness (QED) is 0.591. The summed E-state index contributed by atoms with van der Waals surface area (Å²) in [6, 6.07) is 2.07. The van der Waals surface area contributed by atoms with Crippen LogP contribution in [-0.4, -0.2) is 22.9 Å². The van der Waals surface area contributed by atoms with Crippen molar-refractivity contribution in [3.05, 3.63) is 11.9 Å². The number of nitriles is 1. The average molecular weight is 222 g/mol. The number of ether oxygens (including phenoxy) is 1. The molecular formula is C10H14N4O2. The number of hydrogen-bond donors (Lipinski definition) is 1. The van der Waals surface area contributed by atoms with Crippen molar-refractivity contribution in [2.75, 3.05) is 12.8 Å². The predicted octanol–water partition coefficient (Wildman–Crippen LogP) is 0.946. The summed E-state index contributed by atoms with van der Waals surface area (Å²) in [6.45, 7) is 0.642. The first kappa shape index (κ1) is 12.0. The summed E-state index contributed by atoms with van der Waals surface area (Å²) >= 11 is 0. The fourth-order valence-electron chi connectivity index (χ4n) is 1.28. The van der Waals surface area contributed by atoms with Crippen molar-refractivity contribution in [1.82, 2.24) is 9.78 Å². The Bertz CT molecular complexity index is 405. The highest BCUT2D eigenvalue weighted by Crippen LogP contribution is 2.11. The second kappa shape index (κ2) is 5.75. The van der Waals surface area contributed by atoms with Gasteiger partial charge in [0.2, 0.25) is 0 Å². The number of nitrogens with zero attached hydrogens (tertiary/aromatic N) is 3. The van der Waals surface area contributed by atoms with E-state index in [2.05, 4.69) is 15.9 Å². The first-order valence-electron chi connectivity index (χ1n) is 4.97. The number of esters is 1. The van der Waals surface area contributed by atoms with Gasteiger partial charge in [0.15, 0.2) is 5.69 Å². The Morgan fingerprint density at radius 3 is 3.06 bits per heavy atom. The maximum absolute atomic E-state index is 11.2. The van der Waals surface area contributed by atoms with Gasteiger partial charge in [-0.25, -0.2) is 4.79 Å². The molecule has 86 valence electrons. The standard InChI is InChI=1S/C10H14N4O2/c1-16-10(15)9-8(12)7-14(13-9)6-4-2-3-5-11/h7H,2-4,6,12H2,1H3. The van der Waals surface area contributed by atoms with E-state index in [1.54, 1.807) is 10.9 Å². The molecule has 6 nitrogen and oxygen atoms in total. The van der Waals surface area contributed by atoms with E-state index >= 15 is 0 Å². The van der Waals surface area contributed by atoms with Crippen LogP contribution < -0.4 is 5.73 Å². The monoisotopic (exact) mass is 222 g/mol. The summed E-state index contributed by atoms with van der Waals surface area (Å²) in [6.07, 6.45) is 3.76. The summed E-state index contributed by atoms with van der Waals surface area (Å²) in [5.41, 5.74) is 6.07. The molecule has 16 heavy (non-hydrogen) atoms. The molecule has 0 atom stereocenters. The summed E-state index contributed by atoms with van der Waals surface area (Å²) in [5.74, 6) is -0.534. The van der Waals surface area contributed by atoms with Crippen molar-refractivity contribution in [2.45, 2.75) is 25.8 Å². The van der Waals surface area contributed by atoms with E-state index in [4.69, 9.17) is 11.0 Å². The summed E-state index contributed by atoms with van der Waals surface area (Å²) < 4.78 is 6.13. The first-order valence-corrected chi connectivity index (χ1v) is 4.97. The molecule has 0 aliphatic rings. The maximum atomic E-state index is 11.2. The minimum Gasteiger partial charge on any atom is -0.464 e. The van der Waals surface area contributed by atoms with Crippen LogP contribution in [0, 0.1) is 11.3 Å². The number of hydrogen-bond acceptors (Lipinski definition) is 5. The molecule has 1 heterocycles. The summed E-state index contributed by atoms with van der Waals surface area (Å²) in [5, 5.41) is 12.4. The fraction of sp³-hybridized carbons (Fsp3) is 0.500. The van der Waals surface area contributed by atoms with Gasteiger partial charge in [0.25, 0.3) is 0 Å². The van der Waals surface area contributed by atoms with Crippen molar-refractivity contribution in [2.24, 2.45) is 0 Å². The SMILES string of the molecule is COC(=O)c1nn(CCCCC#N)cc1N. The number of nitrogen functional groups attached to an aromatic ring is 1. The lowest BCUT2D eigenvalue weighted by atomic mass is 10.2. The van der Waals surface area contributed by atoms with Gasteiger partial charge in [0.1, 0.15) is 0 Å². The maximum Gasteiger partial charge on any atom is 0.360 e. The largest absolute Gasteiger partial charge is 0.464 e. The van der Waals surface area contributed by atoms with Crippen LogP contribution in [-0.2, 0) is 11.3 Å². The molecule has 0 bridgehead atoms. The number of anilines is 1. The molecule has 0 saturated heterocycles. The van der Waals surface area contributed by atoms with E-state index in [1.165, 1.54) is 7.11 Å². The molecule has 0 aliphatic carbocycles. The number of aryl methyl sites for hydroxylation is 1. The molecule has 0 spiro atoms. The number of carbonyl (C=O) groups excluding carboxylic acids is 1. The first-order chi connectivity index (χ1) is 7.69. The van der Waals surface area contributed by atoms with Gasteiger partial charge >= 0.3 is 5.97 Å². The van der Waals surface area contributed by atoms with Gasteiger partial charge in [0.05, 0.1) is 18.9 Å². The normalized spacial score (nSPS) is 9.75. The molecule has 0 fully saturated rings. The van der Waals surface area contributed by atoms with Crippen molar-refractivity contribution in [3.63, 3.8) is 0 Å². The Morgan fingerprint density at radius 2 is 2.44 bits per heavy atom. The molecule has 1 aromatic rings. The number of rotatable bonds is 5. The van der Waals surface area contributed by atoms with Gasteiger partial charge in [-0.3, -0.25) is 4.68 Å². The number of nitrogens with two attached hydrogens (primary N) is 1. The molecule has 6 heteroatoms. The zero-order valence-corrected chi connectivity index (χ0v) is 9.14. The van der Waals surface area contributed by atoms with Crippen molar-refractivity contribution in [3.8, 4) is 6.07 Å². The van der Waals surface area contributed by atoms with E-state index in [-0.39, 0.29) is 5.69 Å². The summed E-state index contributed by atoms with van der Waals surface area (Å²) in [7, 11) is 1.29. The Hall–Kier alpha value is -2.03. The Kier molecular flexibility index (Phi) is 4.33. The lowest BCUT2D eigenvalue weighted by Crippen LogP contribution is -2.06. The van der Waals surface area contributed by atoms with E-state index in [9.17, 15) is 4.79 Å². The molecule has 1 aromatic heterocycles. The van der Waals surface area contributed by atoms with Crippen molar-refractivity contribution >= 4 is 11.7 Å². The topological polar surface area (TPSA) is 93.9 Å². The zero-order valence-electron chi connectivity index (χ0n) is 9.14. The van der Waals surface area contributed by atoms with E-state index < -0.39 is 5.97 Å². The zero-order chi connectivity index (χ0) is 12.0. The molecule has 0 amide bonds. The Balaban J connectivity index is 2.56. The van der Waals surface area contributed by atoms with Crippen molar-refractivity contribution < 1.29 is 9.53 Å². The highest BCUT2D eigenvalue weighted by Gasteiger charge is 2.14. The number of methoxy groups -OCH3 is 1. The predicted molar refractivity (Wildman–Crippen MR) is 57.4 cm³/mol. The van der Waals surface area contributed by atoms with Crippen LogP contribution in [0.1, 0.15) is 29.8 Å². The van der Waals surface area contributed by atoms with E-state index in [0.29, 0.717) is 18.7 Å². The third kappa shape index (κ3) is 2.98. The van der Waals surface area contributed by atoms with Crippen LogP contribution in [0.25, 0.3) is 0 Å². The minimum atomic E-state index is -0.534. The van der Waals surface area contributed by atoms with E-state index in [1.807, 2.05) is 0 Å². The van der Waals surface area contributed by atoms with Gasteiger partial charge in [0, 0.05) is 19.2 Å². The number of unbranched alkanes of at least 4 members (excludes halogenated alkanes) is 2. The number of aromatic nitrogens is 2. The van der Waals surface area contributed by atoms with Gasteiger partial charge in [-0.1, -0.05) is 0 Å². The fourth-order valence-corrected chi connectivity index (χ4v) is 1.28. The van der Waals surface area contributed by atoms with Crippen LogP contribution >= 0.6 is 0 Å². The average Bonchev–Trinajstić information content (AvgIpc) is 2.65. The number of carbonyl (C=O) groups is 1. The highest BCUT2D eigenvalue weighted by molar-refractivity contribution is 5.92. The molecule has 2 N–H and O–H groups in total. The van der Waals surface area contributed by atoms with Crippen LogP contribution in [0.15, 0.2) is 6.20 Å². The smallest absolute Gasteiger partial charge is 0.360 e. The summed E-state index contributed by atoms with van der Waals surface area (Å²) in [4.78, 5) is 11.2. The molecule has 0 aromatic carbocycles. The van der Waals surface area contributed by atoms with Crippen molar-refractivity contribution in [1.29, 1.82) is 5.26 Å². The molecule has 1 rings (SSSR count). The Morgan fingerprint density at radius 1 is 1.69 bits per heavy atom. The van der Waals surface area contributed by atoms with Gasteiger partial charge in [-0.2, -0.15) is 10.4 Å². The van der Waals surface area contributed by atoms with Gasteiger partial charge < -0.3 is 10.5 Å². The second-order valence-electron chi connectivity index (χ2n) is 3.30. The highest BCUT2D eigenvalue weighted by atomic mass is 16.5. The lowest BCUT2D eigenvalue weighted by Gasteiger charge is -1.98.